The molecule has 1 aromatic carbocycles. The number of imidazole rings is 1. The highest BCUT2D eigenvalue weighted by Crippen LogP contribution is 2.40. The number of benzene rings is 1. The van der Waals surface area contributed by atoms with Crippen molar-refractivity contribution in [1.82, 2.24) is 29.1 Å². The van der Waals surface area contributed by atoms with Crippen molar-refractivity contribution < 1.29 is 12.8 Å². The van der Waals surface area contributed by atoms with Gasteiger partial charge in [-0.25, -0.2) is 27.5 Å². The Balaban J connectivity index is 1.40. The van der Waals surface area contributed by atoms with Gasteiger partial charge in [0.15, 0.2) is 0 Å². The molecule has 1 aliphatic carbocycles. The highest BCUT2D eigenvalue weighted by atomic mass is 32.2. The van der Waals surface area contributed by atoms with Gasteiger partial charge in [-0.05, 0) is 89.1 Å². The van der Waals surface area contributed by atoms with E-state index < -0.39 is 10.0 Å². The Morgan fingerprint density at radius 3 is 2.57 bits per heavy atom. The molecule has 0 unspecified atom stereocenters. The molecule has 0 saturated heterocycles. The first-order chi connectivity index (χ1) is 17.8. The molecule has 2 N–H and O–H groups in total. The lowest BCUT2D eigenvalue weighted by atomic mass is 9.91. The predicted molar refractivity (Wildman–Crippen MR) is 144 cm³/mol. The van der Waals surface area contributed by atoms with Gasteiger partial charge in [0.2, 0.25) is 10.0 Å². The van der Waals surface area contributed by atoms with E-state index in [1.165, 1.54) is 12.1 Å². The number of fused-ring (bicyclic) bond motifs is 1. The van der Waals surface area contributed by atoms with Gasteiger partial charge in [-0.2, -0.15) is 0 Å². The lowest BCUT2D eigenvalue weighted by Gasteiger charge is -2.31. The zero-order chi connectivity index (χ0) is 26.0. The molecule has 8 nitrogen and oxygen atoms in total. The summed E-state index contributed by atoms with van der Waals surface area (Å²) < 4.78 is 43.9. The Hall–Kier alpha value is -3.08. The van der Waals surface area contributed by atoms with Crippen LogP contribution in [0.25, 0.3) is 33.5 Å². The minimum absolute atomic E-state index is 0.0542. The summed E-state index contributed by atoms with van der Waals surface area (Å²) >= 11 is 0. The molecule has 5 rings (SSSR count). The molecule has 0 radical (unpaired) electrons. The maximum atomic E-state index is 13.7. The smallest absolute Gasteiger partial charge is 0.211 e. The molecule has 0 amide bonds. The number of nitrogens with one attached hydrogen (secondary N) is 2. The van der Waals surface area contributed by atoms with Crippen LogP contribution in [-0.2, 0) is 10.0 Å². The van der Waals surface area contributed by atoms with Crippen LogP contribution in [0.15, 0.2) is 55.1 Å². The maximum absolute atomic E-state index is 13.7. The molecule has 1 saturated carbocycles. The van der Waals surface area contributed by atoms with Crippen LogP contribution in [-0.4, -0.2) is 65.3 Å². The van der Waals surface area contributed by atoms with Crippen molar-refractivity contribution in [2.45, 2.75) is 44.2 Å². The van der Waals surface area contributed by atoms with Crippen molar-refractivity contribution in [3.05, 3.63) is 60.9 Å². The highest BCUT2D eigenvalue weighted by Gasteiger charge is 2.28. The van der Waals surface area contributed by atoms with E-state index in [0.717, 1.165) is 65.8 Å². The molecule has 0 spiro atoms. The third kappa shape index (κ3) is 5.76. The molecule has 4 aromatic rings. The van der Waals surface area contributed by atoms with E-state index >= 15 is 0 Å². The second kappa shape index (κ2) is 10.7. The topological polar surface area (TPSA) is 95.9 Å². The number of hydrogen-bond donors (Lipinski definition) is 2. The summed E-state index contributed by atoms with van der Waals surface area (Å²) in [7, 11) is 0.589. The highest BCUT2D eigenvalue weighted by molar-refractivity contribution is 7.89. The third-order valence-electron chi connectivity index (χ3n) is 7.08. The van der Waals surface area contributed by atoms with Gasteiger partial charge >= 0.3 is 0 Å². The first-order valence-corrected chi connectivity index (χ1v) is 14.4. The first kappa shape index (κ1) is 25.6. The van der Waals surface area contributed by atoms with Gasteiger partial charge < -0.3 is 14.5 Å². The van der Waals surface area contributed by atoms with Crippen LogP contribution < -0.4 is 4.72 Å². The van der Waals surface area contributed by atoms with E-state index in [2.05, 4.69) is 19.3 Å². The standard InChI is InChI=1S/C27H33FN6O2S/c1-33(2)16-3-17-37(35,36)32-21-8-10-22(11-9-21)34-18-31-25(19-4-6-20(28)7-5-19)26(34)23-12-14-29-27-24(23)13-15-30-27/h4-7,12-15,18,21-22,32H,3,8-11,16-17H2,1-2H3,(H,29,30)/t21-,22+. The maximum Gasteiger partial charge on any atom is 0.211 e. The quantitative estimate of drug-likeness (QED) is 0.334. The van der Waals surface area contributed by atoms with Crippen molar-refractivity contribution in [3.8, 4) is 22.5 Å². The Morgan fingerprint density at radius 1 is 1.08 bits per heavy atom. The van der Waals surface area contributed by atoms with Gasteiger partial charge in [0.1, 0.15) is 11.5 Å². The predicted octanol–water partition coefficient (Wildman–Crippen LogP) is 4.59. The number of rotatable bonds is 9. The number of sulfonamides is 1. The van der Waals surface area contributed by atoms with Gasteiger partial charge in [0, 0.05) is 41.0 Å². The zero-order valence-electron chi connectivity index (χ0n) is 21.2. The van der Waals surface area contributed by atoms with E-state index in [4.69, 9.17) is 4.98 Å². The minimum atomic E-state index is -3.30. The van der Waals surface area contributed by atoms with Crippen LogP contribution in [0, 0.1) is 5.82 Å². The summed E-state index contributed by atoms with van der Waals surface area (Å²) in [5, 5.41) is 0.992. The normalized spacial score (nSPS) is 18.6. The number of pyridine rings is 1. The summed E-state index contributed by atoms with van der Waals surface area (Å²) in [5.41, 5.74) is 4.40. The van der Waals surface area contributed by atoms with Crippen LogP contribution in [0.3, 0.4) is 0 Å². The number of hydrogen-bond acceptors (Lipinski definition) is 5. The largest absolute Gasteiger partial charge is 0.346 e. The lowest BCUT2D eigenvalue weighted by molar-refractivity contribution is 0.312. The number of halogens is 1. The van der Waals surface area contributed by atoms with E-state index in [0.29, 0.717) is 6.42 Å². The van der Waals surface area contributed by atoms with Gasteiger partial charge in [0.05, 0.1) is 23.5 Å². The number of aromatic nitrogens is 4. The number of H-pyrrole nitrogens is 1. The first-order valence-electron chi connectivity index (χ1n) is 12.7. The molecule has 0 bridgehead atoms. The number of aromatic amines is 1. The Kier molecular flexibility index (Phi) is 7.41. The molecule has 3 heterocycles. The molecular weight excluding hydrogens is 491 g/mol. The van der Waals surface area contributed by atoms with E-state index in [1.807, 2.05) is 43.7 Å². The fourth-order valence-electron chi connectivity index (χ4n) is 5.25. The fraction of sp³-hybridized carbons (Fsp3) is 0.407. The van der Waals surface area contributed by atoms with Crippen molar-refractivity contribution in [3.63, 3.8) is 0 Å². The van der Waals surface area contributed by atoms with Crippen molar-refractivity contribution in [2.24, 2.45) is 0 Å². The van der Waals surface area contributed by atoms with Crippen LogP contribution in [0.4, 0.5) is 4.39 Å². The van der Waals surface area contributed by atoms with Gasteiger partial charge in [0.25, 0.3) is 0 Å². The third-order valence-corrected chi connectivity index (χ3v) is 8.60. The summed E-state index contributed by atoms with van der Waals surface area (Å²) in [6.07, 6.45) is 9.31. The minimum Gasteiger partial charge on any atom is -0.346 e. The molecule has 37 heavy (non-hydrogen) atoms. The monoisotopic (exact) mass is 524 g/mol. The van der Waals surface area contributed by atoms with Crippen LogP contribution in [0.2, 0.25) is 0 Å². The summed E-state index contributed by atoms with van der Waals surface area (Å²) in [5.74, 6) is -0.142. The molecule has 1 fully saturated rings. The molecule has 10 heteroatoms. The Bertz CT molecular complexity index is 1450. The number of nitrogens with zero attached hydrogens (tertiary/aromatic N) is 4. The fourth-order valence-corrected chi connectivity index (χ4v) is 6.62. The molecule has 196 valence electrons. The van der Waals surface area contributed by atoms with Crippen LogP contribution in [0.5, 0.6) is 0 Å². The van der Waals surface area contributed by atoms with E-state index in [-0.39, 0.29) is 23.7 Å². The average Bonchev–Trinajstić information content (AvgIpc) is 3.52. The second-order valence-corrected chi connectivity index (χ2v) is 11.9. The molecule has 0 atom stereocenters. The molecule has 1 aliphatic rings. The average molecular weight is 525 g/mol. The Labute approximate surface area is 217 Å². The molecule has 3 aromatic heterocycles. The van der Waals surface area contributed by atoms with Crippen LogP contribution >= 0.6 is 0 Å². The van der Waals surface area contributed by atoms with E-state index in [1.54, 1.807) is 18.3 Å². The molecular formula is C27H33FN6O2S. The van der Waals surface area contributed by atoms with Crippen molar-refractivity contribution in [2.75, 3.05) is 26.4 Å². The zero-order valence-corrected chi connectivity index (χ0v) is 22.0. The van der Waals surface area contributed by atoms with Gasteiger partial charge in [-0.15, -0.1) is 0 Å². The lowest BCUT2D eigenvalue weighted by Crippen LogP contribution is -2.39. The molecule has 0 aliphatic heterocycles. The van der Waals surface area contributed by atoms with Gasteiger partial charge in [-0.1, -0.05) is 0 Å². The summed E-state index contributed by atoms with van der Waals surface area (Å²) in [6, 6.07) is 10.5. The Morgan fingerprint density at radius 2 is 1.84 bits per heavy atom. The SMILES string of the molecule is CN(C)CCCS(=O)(=O)N[C@H]1CC[C@@H](n2cnc(-c3ccc(F)cc3)c2-c2ccnc3[nH]ccc23)CC1. The van der Waals surface area contributed by atoms with Crippen molar-refractivity contribution >= 4 is 21.1 Å². The second-order valence-electron chi connectivity index (χ2n) is 10.1. The van der Waals surface area contributed by atoms with Gasteiger partial charge in [-0.3, -0.25) is 0 Å². The van der Waals surface area contributed by atoms with E-state index in [9.17, 15) is 12.8 Å². The summed E-state index contributed by atoms with van der Waals surface area (Å²) in [6.45, 7) is 0.747. The summed E-state index contributed by atoms with van der Waals surface area (Å²) in [4.78, 5) is 14.4. The van der Waals surface area contributed by atoms with Crippen LogP contribution in [0.1, 0.15) is 38.1 Å². The van der Waals surface area contributed by atoms with Crippen molar-refractivity contribution in [1.29, 1.82) is 0 Å².